The van der Waals surface area contributed by atoms with Crippen LogP contribution in [-0.4, -0.2) is 11.8 Å². The molecule has 0 unspecified atom stereocenters. The van der Waals surface area contributed by atoms with Crippen LogP contribution in [0.1, 0.15) is 5.01 Å². The molecule has 5 heteroatoms. The van der Waals surface area contributed by atoms with Gasteiger partial charge in [-0.15, -0.1) is 11.3 Å². The van der Waals surface area contributed by atoms with Crippen molar-refractivity contribution in [3.63, 3.8) is 0 Å². The molecule has 1 aromatic carbocycles. The normalized spacial score (nSPS) is 12.4. The zero-order valence-electron chi connectivity index (χ0n) is 8.84. The number of nitrogens with zero attached hydrogens (tertiary/aromatic N) is 2. The fourth-order valence-electron chi connectivity index (χ4n) is 1.65. The second-order valence-electron chi connectivity index (χ2n) is 3.53. The maximum Gasteiger partial charge on any atom is 0.231 e. The molecule has 0 saturated heterocycles. The van der Waals surface area contributed by atoms with Gasteiger partial charge in [0.25, 0.3) is 0 Å². The molecule has 0 amide bonds. The van der Waals surface area contributed by atoms with E-state index in [1.54, 1.807) is 0 Å². The highest BCUT2D eigenvalue weighted by Gasteiger charge is 2.14. The monoisotopic (exact) mass is 244 g/mol. The lowest BCUT2D eigenvalue weighted by Crippen LogP contribution is -1.92. The SMILES string of the molecule is N#CCc1nc(-c2ccc3c(c2)OCO3)cs1. The molecule has 3 rings (SSSR count). The molecule has 0 N–H and O–H groups in total. The number of hydrogen-bond acceptors (Lipinski definition) is 5. The van der Waals surface area contributed by atoms with Gasteiger partial charge in [0.2, 0.25) is 6.79 Å². The molecule has 0 saturated carbocycles. The lowest BCUT2D eigenvalue weighted by molar-refractivity contribution is 0.174. The Bertz CT molecular complexity index is 601. The summed E-state index contributed by atoms with van der Waals surface area (Å²) in [4.78, 5) is 4.40. The summed E-state index contributed by atoms with van der Waals surface area (Å²) in [5.41, 5.74) is 1.85. The number of thiazole rings is 1. The molecule has 0 radical (unpaired) electrons. The van der Waals surface area contributed by atoms with Crippen LogP contribution in [0.2, 0.25) is 0 Å². The van der Waals surface area contributed by atoms with Gasteiger partial charge >= 0.3 is 0 Å². The first-order valence-corrected chi connectivity index (χ1v) is 5.96. The quantitative estimate of drug-likeness (QED) is 0.814. The highest BCUT2D eigenvalue weighted by Crippen LogP contribution is 2.36. The zero-order chi connectivity index (χ0) is 11.7. The fourth-order valence-corrected chi connectivity index (χ4v) is 2.38. The Labute approximate surface area is 102 Å². The number of benzene rings is 1. The smallest absolute Gasteiger partial charge is 0.231 e. The predicted molar refractivity (Wildman–Crippen MR) is 63.0 cm³/mol. The lowest BCUT2D eigenvalue weighted by Gasteiger charge is -1.99. The average Bonchev–Trinajstić information content (AvgIpc) is 2.96. The van der Waals surface area contributed by atoms with Gasteiger partial charge in [0.05, 0.1) is 18.2 Å². The van der Waals surface area contributed by atoms with E-state index in [4.69, 9.17) is 14.7 Å². The van der Waals surface area contributed by atoms with Gasteiger partial charge in [0.1, 0.15) is 5.01 Å². The van der Waals surface area contributed by atoms with E-state index in [0.29, 0.717) is 6.42 Å². The molecule has 17 heavy (non-hydrogen) atoms. The van der Waals surface area contributed by atoms with Crippen molar-refractivity contribution < 1.29 is 9.47 Å². The average molecular weight is 244 g/mol. The molecule has 0 bridgehead atoms. The van der Waals surface area contributed by atoms with Crippen molar-refractivity contribution in [2.45, 2.75) is 6.42 Å². The van der Waals surface area contributed by atoms with Crippen molar-refractivity contribution in [2.75, 3.05) is 6.79 Å². The number of rotatable bonds is 2. The van der Waals surface area contributed by atoms with Gasteiger partial charge in [0.15, 0.2) is 11.5 Å². The molecule has 1 aliphatic heterocycles. The van der Waals surface area contributed by atoms with E-state index in [-0.39, 0.29) is 6.79 Å². The topological polar surface area (TPSA) is 55.1 Å². The minimum Gasteiger partial charge on any atom is -0.454 e. The van der Waals surface area contributed by atoms with Crippen molar-refractivity contribution in [3.05, 3.63) is 28.6 Å². The predicted octanol–water partition coefficient (Wildman–Crippen LogP) is 2.60. The van der Waals surface area contributed by atoms with Crippen LogP contribution in [0.15, 0.2) is 23.6 Å². The van der Waals surface area contributed by atoms with E-state index in [2.05, 4.69) is 11.1 Å². The third-order valence-electron chi connectivity index (χ3n) is 2.45. The molecule has 0 spiro atoms. The van der Waals surface area contributed by atoms with Gasteiger partial charge in [-0.1, -0.05) is 0 Å². The number of hydrogen-bond donors (Lipinski definition) is 0. The third-order valence-corrected chi connectivity index (χ3v) is 3.30. The Morgan fingerprint density at radius 2 is 2.24 bits per heavy atom. The van der Waals surface area contributed by atoms with Crippen LogP contribution in [0.4, 0.5) is 0 Å². The molecule has 0 aliphatic carbocycles. The molecule has 84 valence electrons. The van der Waals surface area contributed by atoms with Crippen molar-refractivity contribution >= 4 is 11.3 Å². The van der Waals surface area contributed by atoms with Gasteiger partial charge in [-0.25, -0.2) is 4.98 Å². The lowest BCUT2D eigenvalue weighted by atomic mass is 10.1. The minimum atomic E-state index is 0.273. The van der Waals surface area contributed by atoms with Crippen LogP contribution in [0.25, 0.3) is 11.3 Å². The van der Waals surface area contributed by atoms with Gasteiger partial charge < -0.3 is 9.47 Å². The van der Waals surface area contributed by atoms with Crippen LogP contribution in [0.3, 0.4) is 0 Å². The highest BCUT2D eigenvalue weighted by atomic mass is 32.1. The van der Waals surface area contributed by atoms with Crippen LogP contribution < -0.4 is 9.47 Å². The first kappa shape index (κ1) is 10.1. The van der Waals surface area contributed by atoms with E-state index in [1.807, 2.05) is 23.6 Å². The van der Waals surface area contributed by atoms with Crippen LogP contribution in [0, 0.1) is 11.3 Å². The van der Waals surface area contributed by atoms with Gasteiger partial charge in [0, 0.05) is 10.9 Å². The van der Waals surface area contributed by atoms with Crippen molar-refractivity contribution in [3.8, 4) is 28.8 Å². The third kappa shape index (κ3) is 1.83. The second-order valence-corrected chi connectivity index (χ2v) is 4.47. The fraction of sp³-hybridized carbons (Fsp3) is 0.167. The molecule has 4 nitrogen and oxygen atoms in total. The maximum atomic E-state index is 8.61. The summed E-state index contributed by atoms with van der Waals surface area (Å²) < 4.78 is 10.6. The molecule has 0 fully saturated rings. The highest BCUT2D eigenvalue weighted by molar-refractivity contribution is 7.10. The van der Waals surface area contributed by atoms with Crippen LogP contribution in [-0.2, 0) is 6.42 Å². The standard InChI is InChI=1S/C12H8N2O2S/c13-4-3-12-14-9(6-17-12)8-1-2-10-11(5-8)16-7-15-10/h1-2,5-6H,3,7H2. The largest absolute Gasteiger partial charge is 0.454 e. The van der Waals surface area contributed by atoms with Gasteiger partial charge in [-0.2, -0.15) is 5.26 Å². The Kier molecular flexibility index (Phi) is 2.42. The van der Waals surface area contributed by atoms with Gasteiger partial charge in [-0.05, 0) is 18.2 Å². The van der Waals surface area contributed by atoms with E-state index in [9.17, 15) is 0 Å². The Morgan fingerprint density at radius 1 is 1.35 bits per heavy atom. The Hall–Kier alpha value is -2.06. The summed E-state index contributed by atoms with van der Waals surface area (Å²) in [6.07, 6.45) is 0.356. The minimum absolute atomic E-state index is 0.273. The summed E-state index contributed by atoms with van der Waals surface area (Å²) >= 11 is 1.50. The first-order valence-electron chi connectivity index (χ1n) is 5.08. The Balaban J connectivity index is 1.95. The summed E-state index contributed by atoms with van der Waals surface area (Å²) in [7, 11) is 0. The van der Waals surface area contributed by atoms with Crippen molar-refractivity contribution in [1.82, 2.24) is 4.98 Å². The van der Waals surface area contributed by atoms with E-state index in [0.717, 1.165) is 27.8 Å². The molecular formula is C12H8N2O2S. The van der Waals surface area contributed by atoms with Crippen LogP contribution in [0.5, 0.6) is 11.5 Å². The molecule has 2 aromatic rings. The number of ether oxygens (including phenoxy) is 2. The molecule has 1 aliphatic rings. The summed E-state index contributed by atoms with van der Waals surface area (Å²) in [5, 5.41) is 11.4. The van der Waals surface area contributed by atoms with E-state index < -0.39 is 0 Å². The van der Waals surface area contributed by atoms with E-state index in [1.165, 1.54) is 11.3 Å². The zero-order valence-corrected chi connectivity index (χ0v) is 9.66. The summed E-state index contributed by atoms with van der Waals surface area (Å²) in [6.45, 7) is 0.273. The number of nitriles is 1. The van der Waals surface area contributed by atoms with Crippen molar-refractivity contribution in [1.29, 1.82) is 5.26 Å². The molecule has 1 aromatic heterocycles. The first-order chi connectivity index (χ1) is 8.36. The molecule has 2 heterocycles. The second kappa shape index (κ2) is 4.07. The summed E-state index contributed by atoms with van der Waals surface area (Å²) in [6, 6.07) is 7.82. The van der Waals surface area contributed by atoms with Gasteiger partial charge in [-0.3, -0.25) is 0 Å². The Morgan fingerprint density at radius 3 is 3.12 bits per heavy atom. The van der Waals surface area contributed by atoms with E-state index >= 15 is 0 Å². The van der Waals surface area contributed by atoms with Crippen LogP contribution >= 0.6 is 11.3 Å². The van der Waals surface area contributed by atoms with Crippen molar-refractivity contribution in [2.24, 2.45) is 0 Å². The number of fused-ring (bicyclic) bond motifs is 1. The molecule has 0 atom stereocenters. The summed E-state index contributed by atoms with van der Waals surface area (Å²) in [5.74, 6) is 1.51. The molecular weight excluding hydrogens is 236 g/mol. The maximum absolute atomic E-state index is 8.61. The number of aromatic nitrogens is 1.